The van der Waals surface area contributed by atoms with E-state index in [9.17, 15) is 13.2 Å². The number of alkyl halides is 3. The van der Waals surface area contributed by atoms with Gasteiger partial charge in [-0.2, -0.15) is 13.2 Å². The zero-order valence-electron chi connectivity index (χ0n) is 12.2. The van der Waals surface area contributed by atoms with Gasteiger partial charge in [0, 0.05) is 22.3 Å². The Morgan fingerprint density at radius 3 is 2.48 bits per heavy atom. The van der Waals surface area contributed by atoms with Gasteiger partial charge in [0.15, 0.2) is 0 Å². The molecule has 21 heavy (non-hydrogen) atoms. The molecule has 0 aliphatic rings. The number of rotatable bonds is 4. The van der Waals surface area contributed by atoms with Crippen LogP contribution in [0.2, 0.25) is 0 Å². The van der Waals surface area contributed by atoms with Crippen LogP contribution >= 0.6 is 11.3 Å². The standard InChI is InChI=1S/C16H18F3NS/c1-10(2)20-9-13-6-7-15(21-13)12-5-4-11(3)14(8-12)16(17,18)19/h4-8,10,20H,9H2,1-3H3. The van der Waals surface area contributed by atoms with Crippen LogP contribution in [0, 0.1) is 6.92 Å². The molecular weight excluding hydrogens is 295 g/mol. The van der Waals surface area contributed by atoms with Crippen LogP contribution in [0.15, 0.2) is 30.3 Å². The lowest BCUT2D eigenvalue weighted by atomic mass is 10.0. The van der Waals surface area contributed by atoms with Gasteiger partial charge in [-0.15, -0.1) is 11.3 Å². The summed E-state index contributed by atoms with van der Waals surface area (Å²) in [5.41, 5.74) is 0.313. The summed E-state index contributed by atoms with van der Waals surface area (Å²) >= 11 is 1.52. The third kappa shape index (κ3) is 4.08. The third-order valence-corrected chi connectivity index (χ3v) is 4.31. The summed E-state index contributed by atoms with van der Waals surface area (Å²) in [6.07, 6.45) is -4.31. The maximum atomic E-state index is 13.0. The Kier molecular flexibility index (Phi) is 4.74. The predicted molar refractivity (Wildman–Crippen MR) is 81.5 cm³/mol. The van der Waals surface area contributed by atoms with Crippen LogP contribution in [0.4, 0.5) is 13.2 Å². The summed E-state index contributed by atoms with van der Waals surface area (Å²) < 4.78 is 38.9. The van der Waals surface area contributed by atoms with E-state index in [4.69, 9.17) is 0 Å². The second-order valence-corrected chi connectivity index (χ2v) is 6.50. The molecule has 1 nitrogen and oxygen atoms in total. The van der Waals surface area contributed by atoms with E-state index in [0.717, 1.165) is 16.3 Å². The van der Waals surface area contributed by atoms with Gasteiger partial charge in [-0.05, 0) is 36.2 Å². The van der Waals surface area contributed by atoms with Gasteiger partial charge in [-0.3, -0.25) is 0 Å². The molecule has 0 spiro atoms. The Morgan fingerprint density at radius 1 is 1.14 bits per heavy atom. The first-order valence-corrected chi connectivity index (χ1v) is 7.59. The highest BCUT2D eigenvalue weighted by Crippen LogP contribution is 2.36. The molecule has 0 aliphatic heterocycles. The molecule has 2 aromatic rings. The lowest BCUT2D eigenvalue weighted by molar-refractivity contribution is -0.138. The van der Waals surface area contributed by atoms with E-state index >= 15 is 0 Å². The van der Waals surface area contributed by atoms with Crippen molar-refractivity contribution in [2.24, 2.45) is 0 Å². The number of nitrogens with one attached hydrogen (secondary N) is 1. The van der Waals surface area contributed by atoms with E-state index in [1.54, 1.807) is 6.07 Å². The van der Waals surface area contributed by atoms with Crippen molar-refractivity contribution in [3.63, 3.8) is 0 Å². The molecule has 1 aromatic carbocycles. The average molecular weight is 313 g/mol. The smallest absolute Gasteiger partial charge is 0.310 e. The van der Waals surface area contributed by atoms with E-state index < -0.39 is 11.7 Å². The van der Waals surface area contributed by atoms with Crippen LogP contribution in [0.3, 0.4) is 0 Å². The lowest BCUT2D eigenvalue weighted by Crippen LogP contribution is -2.21. The third-order valence-electron chi connectivity index (χ3n) is 3.17. The molecule has 5 heteroatoms. The molecule has 1 heterocycles. The van der Waals surface area contributed by atoms with Gasteiger partial charge in [0.2, 0.25) is 0 Å². The summed E-state index contributed by atoms with van der Waals surface area (Å²) in [6.45, 7) is 6.34. The van der Waals surface area contributed by atoms with Gasteiger partial charge < -0.3 is 5.32 Å². The molecule has 0 aliphatic carbocycles. The monoisotopic (exact) mass is 313 g/mol. The number of benzene rings is 1. The first-order valence-electron chi connectivity index (χ1n) is 6.77. The molecule has 0 radical (unpaired) electrons. The number of hydrogen-bond acceptors (Lipinski definition) is 2. The minimum absolute atomic E-state index is 0.254. The Morgan fingerprint density at radius 2 is 1.86 bits per heavy atom. The van der Waals surface area contributed by atoms with E-state index in [1.807, 2.05) is 12.1 Å². The Hall–Kier alpha value is -1.33. The Bertz CT molecular complexity index is 614. The molecule has 2 rings (SSSR count). The van der Waals surface area contributed by atoms with Gasteiger partial charge in [0.25, 0.3) is 0 Å². The van der Waals surface area contributed by atoms with Crippen LogP contribution in [0.25, 0.3) is 10.4 Å². The fraction of sp³-hybridized carbons (Fsp3) is 0.375. The van der Waals surface area contributed by atoms with Crippen LogP contribution < -0.4 is 5.32 Å². The van der Waals surface area contributed by atoms with Crippen LogP contribution in [0.1, 0.15) is 29.9 Å². The normalized spacial score (nSPS) is 12.1. The molecule has 0 saturated carbocycles. The maximum absolute atomic E-state index is 13.0. The average Bonchev–Trinajstić information content (AvgIpc) is 2.84. The number of hydrogen-bond donors (Lipinski definition) is 1. The minimum atomic E-state index is -4.31. The highest BCUT2D eigenvalue weighted by atomic mass is 32.1. The van der Waals surface area contributed by atoms with Gasteiger partial charge in [-0.25, -0.2) is 0 Å². The van der Waals surface area contributed by atoms with Crippen molar-refractivity contribution in [1.82, 2.24) is 5.32 Å². The topological polar surface area (TPSA) is 12.0 Å². The zero-order chi connectivity index (χ0) is 15.6. The van der Waals surface area contributed by atoms with Crippen LogP contribution in [-0.4, -0.2) is 6.04 Å². The largest absolute Gasteiger partial charge is 0.416 e. The Balaban J connectivity index is 2.26. The number of aryl methyl sites for hydroxylation is 1. The molecule has 0 amide bonds. The first kappa shape index (κ1) is 16.0. The van der Waals surface area contributed by atoms with Crippen molar-refractivity contribution in [2.45, 2.75) is 39.5 Å². The summed E-state index contributed by atoms with van der Waals surface area (Å²) in [7, 11) is 0. The fourth-order valence-corrected chi connectivity index (χ4v) is 2.97. The highest BCUT2D eigenvalue weighted by molar-refractivity contribution is 7.15. The van der Waals surface area contributed by atoms with E-state index in [1.165, 1.54) is 30.4 Å². The van der Waals surface area contributed by atoms with Crippen molar-refractivity contribution < 1.29 is 13.2 Å². The van der Waals surface area contributed by atoms with Crippen molar-refractivity contribution in [2.75, 3.05) is 0 Å². The Labute approximate surface area is 126 Å². The van der Waals surface area contributed by atoms with Gasteiger partial charge >= 0.3 is 6.18 Å². The number of thiophene rings is 1. The van der Waals surface area contributed by atoms with E-state index in [0.29, 0.717) is 11.6 Å². The van der Waals surface area contributed by atoms with Crippen molar-refractivity contribution in [3.05, 3.63) is 46.3 Å². The molecule has 0 unspecified atom stereocenters. The molecule has 0 bridgehead atoms. The highest BCUT2D eigenvalue weighted by Gasteiger charge is 2.32. The zero-order valence-corrected chi connectivity index (χ0v) is 13.0. The summed E-state index contributed by atoms with van der Waals surface area (Å²) in [5, 5.41) is 3.30. The SMILES string of the molecule is Cc1ccc(-c2ccc(CNC(C)C)s2)cc1C(F)(F)F. The van der Waals surface area contributed by atoms with Crippen LogP contribution in [0.5, 0.6) is 0 Å². The number of halogens is 3. The molecule has 1 N–H and O–H groups in total. The maximum Gasteiger partial charge on any atom is 0.416 e. The van der Waals surface area contributed by atoms with Gasteiger partial charge in [0.05, 0.1) is 5.56 Å². The molecule has 0 atom stereocenters. The molecular formula is C16H18F3NS. The second kappa shape index (κ2) is 6.20. The van der Waals surface area contributed by atoms with E-state index in [2.05, 4.69) is 19.2 Å². The first-order chi connectivity index (χ1) is 9.77. The molecule has 0 saturated heterocycles. The second-order valence-electron chi connectivity index (χ2n) is 5.33. The molecule has 0 fully saturated rings. The summed E-state index contributed by atoms with van der Waals surface area (Å²) in [4.78, 5) is 1.98. The van der Waals surface area contributed by atoms with E-state index in [-0.39, 0.29) is 5.56 Å². The van der Waals surface area contributed by atoms with Crippen molar-refractivity contribution >= 4 is 11.3 Å². The minimum Gasteiger partial charge on any atom is -0.310 e. The fourth-order valence-electron chi connectivity index (χ4n) is 2.01. The summed E-state index contributed by atoms with van der Waals surface area (Å²) in [6, 6.07) is 8.74. The molecule has 114 valence electrons. The van der Waals surface area contributed by atoms with Crippen molar-refractivity contribution in [1.29, 1.82) is 0 Å². The van der Waals surface area contributed by atoms with Gasteiger partial charge in [-0.1, -0.05) is 26.0 Å². The lowest BCUT2D eigenvalue weighted by Gasteiger charge is -2.11. The van der Waals surface area contributed by atoms with Crippen LogP contribution in [-0.2, 0) is 12.7 Å². The predicted octanol–water partition coefficient (Wildman–Crippen LogP) is 5.24. The van der Waals surface area contributed by atoms with Gasteiger partial charge in [0.1, 0.15) is 0 Å². The quantitative estimate of drug-likeness (QED) is 0.814. The summed E-state index contributed by atoms with van der Waals surface area (Å²) in [5.74, 6) is 0. The van der Waals surface area contributed by atoms with Crippen molar-refractivity contribution in [3.8, 4) is 10.4 Å². The molecule has 1 aromatic heterocycles.